The third kappa shape index (κ3) is 7.98. The fraction of sp³-hybridized carbons (Fsp3) is 0.824. The van der Waals surface area contributed by atoms with Gasteiger partial charge in [0, 0.05) is 52.7 Å². The minimum Gasteiger partial charge on any atom is -0.378 e. The van der Waals surface area contributed by atoms with Crippen molar-refractivity contribution in [2.24, 2.45) is 4.99 Å². The molecule has 168 valence electrons. The highest BCUT2D eigenvalue weighted by Gasteiger charge is 2.27. The molecule has 12 heteroatoms. The van der Waals surface area contributed by atoms with Crippen molar-refractivity contribution in [3.8, 4) is 0 Å². The van der Waals surface area contributed by atoms with Gasteiger partial charge < -0.3 is 19.5 Å². The van der Waals surface area contributed by atoms with Gasteiger partial charge in [-0.3, -0.25) is 4.99 Å². The number of ether oxygens (including phenoxy) is 1. The van der Waals surface area contributed by atoms with Gasteiger partial charge in [0.05, 0.1) is 18.5 Å². The molecule has 1 aromatic rings. The van der Waals surface area contributed by atoms with Crippen molar-refractivity contribution in [3.05, 3.63) is 12.2 Å². The fourth-order valence-corrected chi connectivity index (χ4v) is 4.34. The second-order valence-corrected chi connectivity index (χ2v) is 8.98. The highest BCUT2D eigenvalue weighted by molar-refractivity contribution is 14.0. The first-order valence-electron chi connectivity index (χ1n) is 9.79. The molecule has 1 saturated heterocycles. The number of rotatable bonds is 9. The van der Waals surface area contributed by atoms with E-state index in [1.54, 1.807) is 17.7 Å². The number of aromatic nitrogens is 3. The lowest BCUT2D eigenvalue weighted by Crippen LogP contribution is -2.54. The summed E-state index contributed by atoms with van der Waals surface area (Å²) in [5.41, 5.74) is 0. The van der Waals surface area contributed by atoms with Crippen LogP contribution in [0.3, 0.4) is 0 Å². The molecule has 0 atom stereocenters. The average molecular weight is 543 g/mol. The van der Waals surface area contributed by atoms with Gasteiger partial charge in [0.25, 0.3) is 0 Å². The molecule has 0 saturated carbocycles. The first kappa shape index (κ1) is 26.0. The third-order valence-electron chi connectivity index (χ3n) is 4.58. The second-order valence-electron chi connectivity index (χ2n) is 6.89. The smallest absolute Gasteiger partial charge is 0.216 e. The Morgan fingerprint density at radius 3 is 2.59 bits per heavy atom. The zero-order valence-electron chi connectivity index (χ0n) is 17.7. The van der Waals surface area contributed by atoms with Gasteiger partial charge in [-0.05, 0) is 13.8 Å². The molecular weight excluding hydrogens is 509 g/mol. The third-order valence-corrected chi connectivity index (χ3v) is 6.42. The van der Waals surface area contributed by atoms with Gasteiger partial charge >= 0.3 is 0 Å². The summed E-state index contributed by atoms with van der Waals surface area (Å²) >= 11 is 0. The van der Waals surface area contributed by atoms with Crippen LogP contribution in [-0.4, -0.2) is 96.6 Å². The number of piperazine rings is 1. The van der Waals surface area contributed by atoms with E-state index >= 15 is 0 Å². The molecule has 0 spiro atoms. The Bertz CT molecular complexity index is 731. The molecule has 0 bridgehead atoms. The summed E-state index contributed by atoms with van der Waals surface area (Å²) in [4.78, 5) is 6.42. The summed E-state index contributed by atoms with van der Waals surface area (Å²) in [6, 6.07) is 0. The van der Waals surface area contributed by atoms with Crippen LogP contribution >= 0.6 is 24.0 Å². The van der Waals surface area contributed by atoms with Gasteiger partial charge in [-0.2, -0.15) is 4.31 Å². The van der Waals surface area contributed by atoms with Crippen LogP contribution in [0.15, 0.2) is 11.3 Å². The minimum atomic E-state index is -3.28. The molecule has 1 aromatic heterocycles. The average Bonchev–Trinajstić information content (AvgIpc) is 3.12. The normalized spacial score (nSPS) is 16.2. The molecule has 2 rings (SSSR count). The number of nitrogens with zero attached hydrogens (tertiary/aromatic N) is 6. The molecule has 0 aliphatic carbocycles. The van der Waals surface area contributed by atoms with E-state index in [4.69, 9.17) is 4.74 Å². The first-order chi connectivity index (χ1) is 13.4. The summed E-state index contributed by atoms with van der Waals surface area (Å²) < 4.78 is 33.8. The molecule has 0 amide bonds. The quantitative estimate of drug-likeness (QED) is 0.273. The van der Waals surface area contributed by atoms with Gasteiger partial charge in [-0.25, -0.2) is 8.42 Å². The lowest BCUT2D eigenvalue weighted by molar-refractivity contribution is 0.0904. The van der Waals surface area contributed by atoms with Crippen molar-refractivity contribution in [3.63, 3.8) is 0 Å². The van der Waals surface area contributed by atoms with Crippen LogP contribution in [0.25, 0.3) is 0 Å². The molecule has 1 fully saturated rings. The van der Waals surface area contributed by atoms with Crippen LogP contribution in [0, 0.1) is 0 Å². The van der Waals surface area contributed by atoms with Crippen LogP contribution in [0.5, 0.6) is 0 Å². The number of hydrogen-bond donors (Lipinski definition) is 1. The molecule has 10 nitrogen and oxygen atoms in total. The lowest BCUT2D eigenvalue weighted by Gasteiger charge is -2.35. The number of aryl methyl sites for hydroxylation is 1. The summed E-state index contributed by atoms with van der Waals surface area (Å²) in [5.74, 6) is 1.76. The Kier molecular flexibility index (Phi) is 11.4. The van der Waals surface area contributed by atoms with Crippen LogP contribution < -0.4 is 5.32 Å². The summed E-state index contributed by atoms with van der Waals surface area (Å²) in [6.07, 6.45) is 2.61. The Labute approximate surface area is 191 Å². The van der Waals surface area contributed by atoms with E-state index in [1.807, 2.05) is 18.4 Å². The predicted molar refractivity (Wildman–Crippen MR) is 124 cm³/mol. The van der Waals surface area contributed by atoms with Crippen molar-refractivity contribution in [1.29, 1.82) is 0 Å². The van der Waals surface area contributed by atoms with Crippen molar-refractivity contribution in [2.45, 2.75) is 39.8 Å². The maximum atomic E-state index is 12.4. The van der Waals surface area contributed by atoms with Crippen LogP contribution in [0.1, 0.15) is 26.6 Å². The Morgan fingerprint density at radius 1 is 1.31 bits per heavy atom. The summed E-state index contributed by atoms with van der Waals surface area (Å²) in [5, 5.41) is 11.4. The molecule has 1 aliphatic rings. The van der Waals surface area contributed by atoms with E-state index in [1.165, 1.54) is 0 Å². The maximum Gasteiger partial charge on any atom is 0.216 e. The van der Waals surface area contributed by atoms with E-state index in [0.29, 0.717) is 32.7 Å². The van der Waals surface area contributed by atoms with E-state index < -0.39 is 10.0 Å². The molecule has 1 N–H and O–H groups in total. The van der Waals surface area contributed by atoms with E-state index in [9.17, 15) is 8.42 Å². The van der Waals surface area contributed by atoms with Crippen molar-refractivity contribution in [1.82, 2.24) is 29.3 Å². The lowest BCUT2D eigenvalue weighted by atomic mass is 10.4. The standard InChI is InChI=1S/C17H33N7O3S.HI/c1-5-16-21-20-14-23(16)7-6-19-17(18-4)22-8-10-24(11-9-22)28(25,26)13-12-27-15(2)3;/h14-15H,5-13H2,1-4H3,(H,18,19);1H. The monoisotopic (exact) mass is 543 g/mol. The second kappa shape index (κ2) is 12.6. The number of nitrogens with one attached hydrogen (secondary N) is 1. The number of guanidine groups is 1. The Morgan fingerprint density at radius 2 is 2.00 bits per heavy atom. The van der Waals surface area contributed by atoms with E-state index in [-0.39, 0.29) is 42.4 Å². The number of hydrogen-bond acceptors (Lipinski definition) is 6. The molecule has 0 radical (unpaired) electrons. The highest BCUT2D eigenvalue weighted by Crippen LogP contribution is 2.09. The predicted octanol–water partition coefficient (Wildman–Crippen LogP) is 0.406. The van der Waals surface area contributed by atoms with Crippen molar-refractivity contribution >= 4 is 40.0 Å². The van der Waals surface area contributed by atoms with Gasteiger partial charge in [-0.15, -0.1) is 34.2 Å². The van der Waals surface area contributed by atoms with E-state index in [0.717, 1.165) is 24.7 Å². The molecule has 29 heavy (non-hydrogen) atoms. The van der Waals surface area contributed by atoms with E-state index in [2.05, 4.69) is 32.3 Å². The zero-order valence-corrected chi connectivity index (χ0v) is 20.9. The van der Waals surface area contributed by atoms with Crippen LogP contribution in [0.2, 0.25) is 0 Å². The largest absolute Gasteiger partial charge is 0.378 e. The molecule has 0 unspecified atom stereocenters. The van der Waals surface area contributed by atoms with Gasteiger partial charge in [-0.1, -0.05) is 6.92 Å². The molecule has 2 heterocycles. The van der Waals surface area contributed by atoms with Crippen molar-refractivity contribution < 1.29 is 13.2 Å². The van der Waals surface area contributed by atoms with Crippen LogP contribution in [-0.2, 0) is 27.7 Å². The topological polar surface area (TPSA) is 105 Å². The number of aliphatic imine (C=N–C) groups is 1. The molecular formula is C17H34IN7O3S. The minimum absolute atomic E-state index is 0. The number of halogens is 1. The van der Waals surface area contributed by atoms with Crippen LogP contribution in [0.4, 0.5) is 0 Å². The van der Waals surface area contributed by atoms with Gasteiger partial charge in [0.2, 0.25) is 10.0 Å². The highest BCUT2D eigenvalue weighted by atomic mass is 127. The maximum absolute atomic E-state index is 12.4. The van der Waals surface area contributed by atoms with Gasteiger partial charge in [0.1, 0.15) is 12.2 Å². The number of sulfonamides is 1. The fourth-order valence-electron chi connectivity index (χ4n) is 3.06. The van der Waals surface area contributed by atoms with Crippen molar-refractivity contribution in [2.75, 3.05) is 52.1 Å². The summed E-state index contributed by atoms with van der Waals surface area (Å²) in [6.45, 7) is 9.65. The molecule has 1 aliphatic heterocycles. The molecule has 0 aromatic carbocycles. The summed E-state index contributed by atoms with van der Waals surface area (Å²) in [7, 11) is -1.54. The Balaban J connectivity index is 0.00000420. The first-order valence-corrected chi connectivity index (χ1v) is 11.4. The van der Waals surface area contributed by atoms with Gasteiger partial charge in [0.15, 0.2) is 5.96 Å². The SMILES string of the molecule is CCc1nncn1CCNC(=NC)N1CCN(S(=O)(=O)CCOC(C)C)CC1.I. The zero-order chi connectivity index (χ0) is 20.6. The Hall–Kier alpha value is -0.990.